The normalized spacial score (nSPS) is 20.1. The van der Waals surface area contributed by atoms with Gasteiger partial charge in [0.1, 0.15) is 0 Å². The predicted octanol–water partition coefficient (Wildman–Crippen LogP) is 12.6. The van der Waals surface area contributed by atoms with Crippen molar-refractivity contribution in [2.75, 3.05) is 0 Å². The van der Waals surface area contributed by atoms with Crippen LogP contribution in [0.3, 0.4) is 0 Å². The second-order valence-corrected chi connectivity index (χ2v) is 12.3. The van der Waals surface area contributed by atoms with Gasteiger partial charge in [0.05, 0.1) is 0 Å². The van der Waals surface area contributed by atoms with E-state index >= 15 is 0 Å². The average Bonchev–Trinajstić information content (AvgIpc) is 2.85. The van der Waals surface area contributed by atoms with Crippen molar-refractivity contribution in [1.82, 2.24) is 0 Å². The van der Waals surface area contributed by atoms with Crippen LogP contribution in [0.2, 0.25) is 0 Å². The summed E-state index contributed by atoms with van der Waals surface area (Å²) in [5.41, 5.74) is 9.61. The monoisotopic (exact) mass is 536 g/mol. The van der Waals surface area contributed by atoms with E-state index < -0.39 is 0 Å². The van der Waals surface area contributed by atoms with Gasteiger partial charge in [-0.25, -0.2) is 0 Å². The Morgan fingerprint density at radius 1 is 0.700 bits per heavy atom. The fourth-order valence-corrected chi connectivity index (χ4v) is 4.61. The Kier molecular flexibility index (Phi) is 16.6. The maximum absolute atomic E-state index is 2.40. The minimum Gasteiger partial charge on any atom is -0.0856 e. The van der Waals surface area contributed by atoms with Crippen LogP contribution in [0, 0.1) is 11.3 Å². The first-order valence-corrected chi connectivity index (χ1v) is 14.9. The third kappa shape index (κ3) is 16.1. The third-order valence-corrected chi connectivity index (χ3v) is 7.24. The SMILES string of the molecule is CC(C)=CCC/C(C)=C/C=C/C(C)=C/C=C/C(C)=C/C=C/C=C(C)/C=C/C=C(C)/C=C/[C@H]1C(C)=CCCC1(C)C. The standard InChI is InChI=1S/C40H56/c1-32(2)18-13-21-35(5)24-15-26-36(6)25-14-22-33(3)19-11-12-20-34(4)23-16-27-37(7)29-30-39-38(8)28-17-31-40(39,9)10/h11-12,14-16,18-20,22-30,39H,13,17,21,31H2,1-10H3/b12-11+,22-14+,23-16+,26-15+,30-29+,33-19+,34-20+,35-24+,36-25+,37-27+/t39-/m0/s1. The molecule has 216 valence electrons. The molecule has 1 rings (SSSR count). The van der Waals surface area contributed by atoms with Crippen molar-refractivity contribution >= 4 is 0 Å². The first-order chi connectivity index (χ1) is 18.9. The Hall–Kier alpha value is -3.12. The van der Waals surface area contributed by atoms with Gasteiger partial charge in [0, 0.05) is 5.92 Å². The average molecular weight is 537 g/mol. The molecule has 0 bridgehead atoms. The number of hydrogen-bond acceptors (Lipinski definition) is 0. The highest BCUT2D eigenvalue weighted by atomic mass is 14.3. The van der Waals surface area contributed by atoms with Gasteiger partial charge in [-0.1, -0.05) is 156 Å². The molecule has 1 atom stereocenters. The van der Waals surface area contributed by atoms with E-state index in [4.69, 9.17) is 0 Å². The fraction of sp³-hybridized carbons (Fsp3) is 0.400. The Morgan fingerprint density at radius 2 is 1.18 bits per heavy atom. The zero-order chi connectivity index (χ0) is 30.0. The molecule has 0 amide bonds. The molecule has 0 saturated heterocycles. The van der Waals surface area contributed by atoms with E-state index in [1.165, 1.54) is 51.9 Å². The van der Waals surface area contributed by atoms with E-state index in [1.807, 2.05) is 0 Å². The van der Waals surface area contributed by atoms with Crippen molar-refractivity contribution in [2.45, 2.75) is 94.9 Å². The maximum Gasteiger partial charge on any atom is 0.00285 e. The molecule has 0 fully saturated rings. The lowest BCUT2D eigenvalue weighted by molar-refractivity contribution is 0.255. The van der Waals surface area contributed by atoms with E-state index in [2.05, 4.69) is 173 Å². The topological polar surface area (TPSA) is 0 Å². The van der Waals surface area contributed by atoms with Gasteiger partial charge in [-0.2, -0.15) is 0 Å². The van der Waals surface area contributed by atoms with Crippen molar-refractivity contribution in [3.63, 3.8) is 0 Å². The zero-order valence-corrected chi connectivity index (χ0v) is 27.2. The molecule has 0 unspecified atom stereocenters. The summed E-state index contributed by atoms with van der Waals surface area (Å²) in [6.45, 7) is 22.1. The molecular weight excluding hydrogens is 480 g/mol. The molecule has 1 aliphatic rings. The van der Waals surface area contributed by atoms with Crippen molar-refractivity contribution in [3.05, 3.63) is 142 Å². The van der Waals surface area contributed by atoms with Crippen molar-refractivity contribution in [3.8, 4) is 0 Å². The van der Waals surface area contributed by atoms with Crippen molar-refractivity contribution in [1.29, 1.82) is 0 Å². The van der Waals surface area contributed by atoms with Crippen LogP contribution in [0.4, 0.5) is 0 Å². The van der Waals surface area contributed by atoms with Gasteiger partial charge in [-0.05, 0) is 86.5 Å². The summed E-state index contributed by atoms with van der Waals surface area (Å²) in [7, 11) is 0. The first-order valence-electron chi connectivity index (χ1n) is 14.9. The quantitative estimate of drug-likeness (QED) is 0.162. The van der Waals surface area contributed by atoms with Crippen molar-refractivity contribution in [2.24, 2.45) is 11.3 Å². The lowest BCUT2D eigenvalue weighted by Crippen LogP contribution is -2.26. The molecule has 1 aliphatic carbocycles. The molecular formula is C40H56. The van der Waals surface area contributed by atoms with Gasteiger partial charge in [-0.3, -0.25) is 0 Å². The third-order valence-electron chi connectivity index (χ3n) is 7.24. The Bertz CT molecular complexity index is 1160. The molecule has 0 nitrogen and oxygen atoms in total. The summed E-state index contributed by atoms with van der Waals surface area (Å²) in [5, 5.41) is 0. The molecule has 0 aromatic heterocycles. The van der Waals surface area contributed by atoms with E-state index in [9.17, 15) is 0 Å². The Labute approximate surface area is 248 Å². The van der Waals surface area contributed by atoms with Gasteiger partial charge in [0.2, 0.25) is 0 Å². The highest BCUT2D eigenvalue weighted by Gasteiger charge is 2.30. The van der Waals surface area contributed by atoms with E-state index in [1.54, 1.807) is 0 Å². The molecule has 0 spiro atoms. The van der Waals surface area contributed by atoms with E-state index in [0.717, 1.165) is 12.8 Å². The second-order valence-electron chi connectivity index (χ2n) is 12.3. The molecule has 0 aromatic rings. The van der Waals surface area contributed by atoms with Crippen LogP contribution in [-0.2, 0) is 0 Å². The lowest BCUT2D eigenvalue weighted by atomic mass is 9.68. The molecule has 0 aliphatic heterocycles. The lowest BCUT2D eigenvalue weighted by Gasteiger charge is -2.36. The van der Waals surface area contributed by atoms with E-state index in [0.29, 0.717) is 11.3 Å². The molecule has 40 heavy (non-hydrogen) atoms. The summed E-state index contributed by atoms with van der Waals surface area (Å²) >= 11 is 0. The summed E-state index contributed by atoms with van der Waals surface area (Å²) < 4.78 is 0. The van der Waals surface area contributed by atoms with Crippen LogP contribution in [-0.4, -0.2) is 0 Å². The van der Waals surface area contributed by atoms with E-state index in [-0.39, 0.29) is 0 Å². The second kappa shape index (κ2) is 19.0. The number of hydrogen-bond donors (Lipinski definition) is 0. The van der Waals surface area contributed by atoms with Crippen LogP contribution in [0.5, 0.6) is 0 Å². The summed E-state index contributed by atoms with van der Waals surface area (Å²) in [5.74, 6) is 0.531. The first kappa shape index (κ1) is 34.9. The molecule has 0 radical (unpaired) electrons. The summed E-state index contributed by atoms with van der Waals surface area (Å²) in [6, 6.07) is 0. The van der Waals surface area contributed by atoms with Crippen LogP contribution >= 0.6 is 0 Å². The predicted molar refractivity (Wildman–Crippen MR) is 183 cm³/mol. The van der Waals surface area contributed by atoms with Crippen LogP contribution in [0.25, 0.3) is 0 Å². The summed E-state index contributed by atoms with van der Waals surface area (Å²) in [4.78, 5) is 0. The van der Waals surface area contributed by atoms with Gasteiger partial charge >= 0.3 is 0 Å². The number of rotatable bonds is 13. The summed E-state index contributed by atoms with van der Waals surface area (Å²) in [6.07, 6.45) is 42.0. The van der Waals surface area contributed by atoms with Gasteiger partial charge < -0.3 is 0 Å². The fourth-order valence-electron chi connectivity index (χ4n) is 4.61. The van der Waals surface area contributed by atoms with Gasteiger partial charge in [-0.15, -0.1) is 0 Å². The van der Waals surface area contributed by atoms with Gasteiger partial charge in [0.15, 0.2) is 0 Å². The molecule has 0 heteroatoms. The van der Waals surface area contributed by atoms with Crippen LogP contribution in [0.15, 0.2) is 142 Å². The molecule has 0 aromatic carbocycles. The molecule has 0 N–H and O–H groups in total. The molecule has 0 saturated carbocycles. The van der Waals surface area contributed by atoms with Crippen molar-refractivity contribution < 1.29 is 0 Å². The maximum atomic E-state index is 2.40. The minimum atomic E-state index is 0.342. The largest absolute Gasteiger partial charge is 0.0856 e. The Morgan fingerprint density at radius 3 is 1.68 bits per heavy atom. The van der Waals surface area contributed by atoms with Crippen LogP contribution in [0.1, 0.15) is 94.9 Å². The Balaban J connectivity index is 2.57. The van der Waals surface area contributed by atoms with Gasteiger partial charge in [0.25, 0.3) is 0 Å². The molecule has 0 heterocycles. The highest BCUT2D eigenvalue weighted by Crippen LogP contribution is 2.41. The number of allylic oxidation sites excluding steroid dienone is 24. The highest BCUT2D eigenvalue weighted by molar-refractivity contribution is 5.33. The minimum absolute atomic E-state index is 0.342. The smallest absolute Gasteiger partial charge is 0.00285 e. The van der Waals surface area contributed by atoms with Crippen LogP contribution < -0.4 is 0 Å². The zero-order valence-electron chi connectivity index (χ0n) is 27.2.